The summed E-state index contributed by atoms with van der Waals surface area (Å²) in [4.78, 5) is 10.4. The highest BCUT2D eigenvalue weighted by Gasteiger charge is 2.34. The lowest BCUT2D eigenvalue weighted by Gasteiger charge is -2.12. The van der Waals surface area contributed by atoms with Crippen LogP contribution in [0.1, 0.15) is 11.1 Å². The maximum Gasteiger partial charge on any atom is 0.416 e. The van der Waals surface area contributed by atoms with Crippen LogP contribution in [0.5, 0.6) is 5.75 Å². The summed E-state index contributed by atoms with van der Waals surface area (Å²) >= 11 is 2.83. The number of halogens is 4. The SMILES string of the molecule is O=C(O)Cc1cc(Br)c(O)cc1C(F)(F)F. The molecule has 0 saturated heterocycles. The van der Waals surface area contributed by atoms with Gasteiger partial charge in [0, 0.05) is 0 Å². The lowest BCUT2D eigenvalue weighted by atomic mass is 10.0. The predicted octanol–water partition coefficient (Wildman–Crippen LogP) is 2.80. The first-order valence-corrected chi connectivity index (χ1v) is 4.81. The first-order valence-electron chi connectivity index (χ1n) is 4.02. The molecule has 0 unspecified atom stereocenters. The molecule has 0 amide bonds. The number of carboxylic acids is 1. The minimum Gasteiger partial charge on any atom is -0.507 e. The van der Waals surface area contributed by atoms with E-state index >= 15 is 0 Å². The molecule has 2 N–H and O–H groups in total. The largest absolute Gasteiger partial charge is 0.507 e. The van der Waals surface area contributed by atoms with Crippen LogP contribution in [0, 0.1) is 0 Å². The number of aromatic hydroxyl groups is 1. The van der Waals surface area contributed by atoms with Gasteiger partial charge in [-0.3, -0.25) is 4.79 Å². The number of phenols is 1. The molecular formula is C9H6BrF3O3. The average molecular weight is 299 g/mol. The van der Waals surface area contributed by atoms with Gasteiger partial charge < -0.3 is 10.2 Å². The maximum atomic E-state index is 12.5. The normalized spacial score (nSPS) is 11.5. The number of hydrogen-bond donors (Lipinski definition) is 2. The first kappa shape index (κ1) is 12.8. The molecule has 3 nitrogen and oxygen atoms in total. The molecule has 0 radical (unpaired) electrons. The van der Waals surface area contributed by atoms with Crippen LogP contribution in [-0.2, 0) is 17.4 Å². The highest BCUT2D eigenvalue weighted by Crippen LogP contribution is 2.37. The van der Waals surface area contributed by atoms with Crippen LogP contribution >= 0.6 is 15.9 Å². The first-order chi connectivity index (χ1) is 7.21. The number of hydrogen-bond acceptors (Lipinski definition) is 2. The second kappa shape index (κ2) is 4.32. The van der Waals surface area contributed by atoms with Gasteiger partial charge in [0.1, 0.15) is 5.75 Å². The Morgan fingerprint density at radius 3 is 2.38 bits per heavy atom. The zero-order valence-electron chi connectivity index (χ0n) is 7.68. The summed E-state index contributed by atoms with van der Waals surface area (Å²) < 4.78 is 37.5. The van der Waals surface area contributed by atoms with Crippen LogP contribution in [0.4, 0.5) is 13.2 Å². The van der Waals surface area contributed by atoms with Gasteiger partial charge in [-0.2, -0.15) is 13.2 Å². The topological polar surface area (TPSA) is 57.5 Å². The van der Waals surface area contributed by atoms with Gasteiger partial charge in [0.15, 0.2) is 0 Å². The highest BCUT2D eigenvalue weighted by atomic mass is 79.9. The molecule has 0 atom stereocenters. The predicted molar refractivity (Wildman–Crippen MR) is 52.1 cm³/mol. The summed E-state index contributed by atoms with van der Waals surface area (Å²) in [5, 5.41) is 17.6. The summed E-state index contributed by atoms with van der Waals surface area (Å²) in [6.45, 7) is 0. The van der Waals surface area contributed by atoms with E-state index in [0.29, 0.717) is 6.07 Å². The monoisotopic (exact) mass is 298 g/mol. The number of phenolic OH excluding ortho intramolecular Hbond substituents is 1. The van der Waals surface area contributed by atoms with Gasteiger partial charge in [0.2, 0.25) is 0 Å². The Morgan fingerprint density at radius 2 is 1.94 bits per heavy atom. The van der Waals surface area contributed by atoms with Crippen molar-refractivity contribution < 1.29 is 28.2 Å². The van der Waals surface area contributed by atoms with Crippen molar-refractivity contribution in [1.29, 1.82) is 0 Å². The van der Waals surface area contributed by atoms with Crippen molar-refractivity contribution in [2.24, 2.45) is 0 Å². The lowest BCUT2D eigenvalue weighted by molar-refractivity contribution is -0.139. The Morgan fingerprint density at radius 1 is 1.38 bits per heavy atom. The third kappa shape index (κ3) is 2.88. The van der Waals surface area contributed by atoms with Gasteiger partial charge in [-0.05, 0) is 33.6 Å². The quantitative estimate of drug-likeness (QED) is 0.883. The fourth-order valence-corrected chi connectivity index (χ4v) is 1.57. The van der Waals surface area contributed by atoms with E-state index in [1.165, 1.54) is 0 Å². The standard InChI is InChI=1S/C9H6BrF3O3/c10-6-1-4(2-8(15)16)5(3-7(6)14)9(11,12)13/h1,3,14H,2H2,(H,15,16). The Balaban J connectivity index is 3.33. The molecule has 0 aliphatic carbocycles. The van der Waals surface area contributed by atoms with E-state index in [1.54, 1.807) is 0 Å². The van der Waals surface area contributed by atoms with E-state index in [0.717, 1.165) is 6.07 Å². The average Bonchev–Trinajstić information content (AvgIpc) is 2.08. The van der Waals surface area contributed by atoms with Crippen molar-refractivity contribution >= 4 is 21.9 Å². The van der Waals surface area contributed by atoms with E-state index in [-0.39, 0.29) is 4.47 Å². The smallest absolute Gasteiger partial charge is 0.416 e. The number of aliphatic carboxylic acids is 1. The molecule has 0 bridgehead atoms. The van der Waals surface area contributed by atoms with Crippen molar-refractivity contribution in [1.82, 2.24) is 0 Å². The molecule has 0 fully saturated rings. The molecule has 16 heavy (non-hydrogen) atoms. The maximum absolute atomic E-state index is 12.5. The molecule has 1 aromatic rings. The van der Waals surface area contributed by atoms with E-state index < -0.39 is 35.4 Å². The van der Waals surface area contributed by atoms with Crippen LogP contribution in [-0.4, -0.2) is 16.2 Å². The molecule has 1 rings (SSSR count). The Hall–Kier alpha value is -1.24. The third-order valence-electron chi connectivity index (χ3n) is 1.82. The van der Waals surface area contributed by atoms with Gasteiger partial charge in [-0.1, -0.05) is 0 Å². The highest BCUT2D eigenvalue weighted by molar-refractivity contribution is 9.10. The fraction of sp³-hybridized carbons (Fsp3) is 0.222. The summed E-state index contributed by atoms with van der Waals surface area (Å²) in [7, 11) is 0. The van der Waals surface area contributed by atoms with E-state index in [9.17, 15) is 18.0 Å². The zero-order chi connectivity index (χ0) is 12.5. The Labute approximate surface area is 96.6 Å². The minimum absolute atomic E-state index is 0.0248. The van der Waals surface area contributed by atoms with Crippen molar-refractivity contribution in [2.45, 2.75) is 12.6 Å². The van der Waals surface area contributed by atoms with Crippen molar-refractivity contribution in [3.05, 3.63) is 27.7 Å². The molecule has 7 heteroatoms. The van der Waals surface area contributed by atoms with E-state index in [1.807, 2.05) is 0 Å². The number of carbonyl (C=O) groups is 1. The number of carboxylic acid groups (broad SMARTS) is 1. The molecule has 0 aromatic heterocycles. The number of alkyl halides is 3. The van der Waals surface area contributed by atoms with Gasteiger partial charge >= 0.3 is 12.1 Å². The van der Waals surface area contributed by atoms with Gasteiger partial charge in [0.25, 0.3) is 0 Å². The van der Waals surface area contributed by atoms with Crippen LogP contribution in [0.3, 0.4) is 0 Å². The molecule has 0 heterocycles. The Bertz CT molecular complexity index is 429. The number of rotatable bonds is 2. The van der Waals surface area contributed by atoms with Crippen molar-refractivity contribution in [2.75, 3.05) is 0 Å². The molecule has 88 valence electrons. The summed E-state index contributed by atoms with van der Waals surface area (Å²) in [5.41, 5.74) is -1.54. The van der Waals surface area contributed by atoms with Crippen molar-refractivity contribution in [3.63, 3.8) is 0 Å². The van der Waals surface area contributed by atoms with Crippen LogP contribution in [0.2, 0.25) is 0 Å². The van der Waals surface area contributed by atoms with Crippen LogP contribution in [0.15, 0.2) is 16.6 Å². The summed E-state index contributed by atoms with van der Waals surface area (Å²) in [6.07, 6.45) is -5.45. The Kier molecular flexibility index (Phi) is 3.47. The second-order valence-electron chi connectivity index (χ2n) is 3.03. The molecule has 0 spiro atoms. The molecule has 0 aliphatic rings. The van der Waals surface area contributed by atoms with Crippen molar-refractivity contribution in [3.8, 4) is 5.75 Å². The number of benzene rings is 1. The van der Waals surface area contributed by atoms with Gasteiger partial charge in [-0.15, -0.1) is 0 Å². The van der Waals surface area contributed by atoms with E-state index in [4.69, 9.17) is 10.2 Å². The van der Waals surface area contributed by atoms with Crippen LogP contribution < -0.4 is 0 Å². The summed E-state index contributed by atoms with van der Waals surface area (Å²) in [6, 6.07) is 1.45. The lowest BCUT2D eigenvalue weighted by Crippen LogP contribution is -2.12. The zero-order valence-corrected chi connectivity index (χ0v) is 9.26. The molecule has 0 saturated carbocycles. The fourth-order valence-electron chi connectivity index (χ4n) is 1.18. The molecule has 1 aromatic carbocycles. The second-order valence-corrected chi connectivity index (χ2v) is 3.88. The van der Waals surface area contributed by atoms with Gasteiger partial charge in [-0.25, -0.2) is 0 Å². The van der Waals surface area contributed by atoms with Crippen LogP contribution in [0.25, 0.3) is 0 Å². The molecule has 0 aliphatic heterocycles. The third-order valence-corrected chi connectivity index (χ3v) is 2.45. The molecular weight excluding hydrogens is 293 g/mol. The summed E-state index contributed by atoms with van der Waals surface area (Å²) in [5.74, 6) is -1.95. The van der Waals surface area contributed by atoms with E-state index in [2.05, 4.69) is 15.9 Å². The minimum atomic E-state index is -4.69. The van der Waals surface area contributed by atoms with Gasteiger partial charge in [0.05, 0.1) is 16.5 Å².